The minimum absolute atomic E-state index is 0.0693. The van der Waals surface area contributed by atoms with Crippen LogP contribution in [-0.4, -0.2) is 53.4 Å². The van der Waals surface area contributed by atoms with Crippen LogP contribution in [0.2, 0.25) is 10.0 Å². The molecule has 8 rings (SSSR count). The van der Waals surface area contributed by atoms with Crippen molar-refractivity contribution in [3.63, 3.8) is 0 Å². The van der Waals surface area contributed by atoms with Gasteiger partial charge in [-0.05, 0) is 112 Å². The number of carbonyl (C=O) groups excluding carboxylic acids is 1. The first-order valence-corrected chi connectivity index (χ1v) is 21.9. The van der Waals surface area contributed by atoms with Crippen molar-refractivity contribution >= 4 is 50.9 Å². The number of aliphatic carboxylic acids is 1. The highest BCUT2D eigenvalue weighted by Crippen LogP contribution is 2.42. The summed E-state index contributed by atoms with van der Waals surface area (Å²) in [6, 6.07) is 31.2. The fourth-order valence-corrected chi connectivity index (χ4v) is 9.62. The quantitative estimate of drug-likeness (QED) is 0.108. The Bertz CT molecular complexity index is 2870. The number of fused-ring (bicyclic) bond motifs is 2. The molecule has 63 heavy (non-hydrogen) atoms. The van der Waals surface area contributed by atoms with Crippen LogP contribution in [0.1, 0.15) is 45.0 Å². The van der Waals surface area contributed by atoms with Crippen LogP contribution in [0.3, 0.4) is 0 Å². The van der Waals surface area contributed by atoms with E-state index >= 15 is 0 Å². The fourth-order valence-electron chi connectivity index (χ4n) is 7.58. The average molecular weight is 905 g/mol. The smallest absolute Gasteiger partial charge is 0.326 e. The molecule has 0 aliphatic carbocycles. The van der Waals surface area contributed by atoms with E-state index in [1.54, 1.807) is 55.5 Å². The Balaban J connectivity index is 1.02. The molecular formula is C47H39Cl2N5O8S. The number of carbonyl (C=O) groups is 2. The van der Waals surface area contributed by atoms with Crippen LogP contribution in [0.25, 0.3) is 11.1 Å². The highest BCUT2D eigenvalue weighted by Gasteiger charge is 2.42. The zero-order valence-corrected chi connectivity index (χ0v) is 36.0. The van der Waals surface area contributed by atoms with Gasteiger partial charge >= 0.3 is 5.97 Å². The zero-order chi connectivity index (χ0) is 44.4. The van der Waals surface area contributed by atoms with Crippen molar-refractivity contribution in [2.45, 2.75) is 56.0 Å². The van der Waals surface area contributed by atoms with Gasteiger partial charge in [0, 0.05) is 19.2 Å². The number of ether oxygens (including phenoxy) is 3. The van der Waals surface area contributed by atoms with Crippen molar-refractivity contribution in [3.05, 3.63) is 164 Å². The number of sulfonamides is 1. The molecule has 0 bridgehead atoms. The number of nitriles is 1. The van der Waals surface area contributed by atoms with Gasteiger partial charge in [-0.2, -0.15) is 9.57 Å². The predicted octanol–water partition coefficient (Wildman–Crippen LogP) is 7.84. The number of hydrogen-bond donors (Lipinski definition) is 3. The van der Waals surface area contributed by atoms with E-state index in [1.165, 1.54) is 6.07 Å². The number of aromatic nitrogens is 1. The van der Waals surface area contributed by atoms with Crippen molar-refractivity contribution in [1.29, 1.82) is 5.26 Å². The second-order valence-corrected chi connectivity index (χ2v) is 17.9. The van der Waals surface area contributed by atoms with Gasteiger partial charge in [0.05, 0.1) is 21.7 Å². The lowest BCUT2D eigenvalue weighted by Crippen LogP contribution is -2.55. The maximum absolute atomic E-state index is 14.5. The highest BCUT2D eigenvalue weighted by molar-refractivity contribution is 7.89. The number of carboxylic acids is 1. The lowest BCUT2D eigenvalue weighted by molar-refractivity contribution is -0.142. The molecule has 2 aliphatic heterocycles. The van der Waals surface area contributed by atoms with E-state index in [1.807, 2.05) is 54.6 Å². The SMILES string of the molecule is Cc1cc(N)ncc1S(=O)(=O)N1Cc2cc3c(cc2C[C@H]1C(=O)N[C@@H](Cc1ccc(-c2ccc(C#N)cc2)cc1)C(=O)O)OC[C@H](c1ccc(OCc2ccc(Cl)c(Cl)c2)cc1)O3. The van der Waals surface area contributed by atoms with E-state index in [0.29, 0.717) is 61.7 Å². The molecule has 3 heterocycles. The number of nitrogens with two attached hydrogens (primary N) is 1. The third-order valence-electron chi connectivity index (χ3n) is 11.0. The molecule has 0 spiro atoms. The summed E-state index contributed by atoms with van der Waals surface area (Å²) in [5.74, 6) is -0.496. The summed E-state index contributed by atoms with van der Waals surface area (Å²) in [6.07, 6.45) is 0.506. The van der Waals surface area contributed by atoms with E-state index in [2.05, 4.69) is 16.4 Å². The van der Waals surface area contributed by atoms with Gasteiger partial charge in [-0.15, -0.1) is 0 Å². The maximum Gasteiger partial charge on any atom is 0.326 e. The Morgan fingerprint density at radius 3 is 2.29 bits per heavy atom. The van der Waals surface area contributed by atoms with Gasteiger partial charge in [-0.1, -0.05) is 77.8 Å². The topological polar surface area (TPSA) is 194 Å². The van der Waals surface area contributed by atoms with Crippen LogP contribution in [-0.2, 0) is 45.6 Å². The van der Waals surface area contributed by atoms with Crippen molar-refractivity contribution in [2.24, 2.45) is 0 Å². The van der Waals surface area contributed by atoms with Gasteiger partial charge in [-0.25, -0.2) is 18.2 Å². The fraction of sp³-hybridized carbons (Fsp3) is 0.191. The lowest BCUT2D eigenvalue weighted by atomic mass is 9.93. The second-order valence-electron chi connectivity index (χ2n) is 15.2. The first kappa shape index (κ1) is 43.0. The number of nitrogens with one attached hydrogen (secondary N) is 1. The number of halogens is 2. The Hall–Kier alpha value is -6.63. The third kappa shape index (κ3) is 9.42. The molecule has 5 aromatic carbocycles. The number of anilines is 1. The zero-order valence-electron chi connectivity index (χ0n) is 33.6. The van der Waals surface area contributed by atoms with E-state index in [-0.39, 0.29) is 36.7 Å². The minimum atomic E-state index is -4.41. The van der Waals surface area contributed by atoms with E-state index in [0.717, 1.165) is 32.8 Å². The molecule has 0 saturated carbocycles. The summed E-state index contributed by atoms with van der Waals surface area (Å²) in [6.45, 7) is 1.82. The first-order chi connectivity index (χ1) is 30.2. The Morgan fingerprint density at radius 1 is 0.937 bits per heavy atom. The van der Waals surface area contributed by atoms with Crippen molar-refractivity contribution in [3.8, 4) is 34.4 Å². The van der Waals surface area contributed by atoms with E-state index in [9.17, 15) is 23.1 Å². The molecule has 320 valence electrons. The number of hydrogen-bond acceptors (Lipinski definition) is 10. The number of benzene rings is 5. The molecule has 13 nitrogen and oxygen atoms in total. The number of rotatable bonds is 12. The molecular weight excluding hydrogens is 866 g/mol. The number of nitrogen functional groups attached to an aromatic ring is 1. The molecule has 3 atom stereocenters. The average Bonchev–Trinajstić information content (AvgIpc) is 3.28. The summed E-state index contributed by atoms with van der Waals surface area (Å²) < 4.78 is 48.6. The monoisotopic (exact) mass is 903 g/mol. The molecule has 1 aromatic heterocycles. The van der Waals surface area contributed by atoms with Gasteiger partial charge in [0.25, 0.3) is 0 Å². The highest BCUT2D eigenvalue weighted by atomic mass is 35.5. The molecule has 0 fully saturated rings. The predicted molar refractivity (Wildman–Crippen MR) is 236 cm³/mol. The third-order valence-corrected chi connectivity index (χ3v) is 13.7. The van der Waals surface area contributed by atoms with Crippen molar-refractivity contribution in [2.75, 3.05) is 12.3 Å². The summed E-state index contributed by atoms with van der Waals surface area (Å²) in [4.78, 5) is 30.8. The standard InChI is InChI=1S/C47H39Cl2N5O8S/c1-27-16-45(51)52-23-44(27)63(58,59)54-24-35-21-42-41(61-26-43(62-42)33-11-13-36(14-12-33)60-25-30-6-15-37(48)38(49)17-30)20-34(35)19-40(54)46(55)53-39(47(56)57)18-28-2-7-31(8-3-28)32-9-4-29(22-50)5-10-32/h2-17,20-21,23,39-40,43H,18-19,24-26H2,1H3,(H2,51,52)(H,53,55)(H,56,57)/t39-,40-,43+/m0/s1. The number of pyridine rings is 1. The summed E-state index contributed by atoms with van der Waals surface area (Å²) >= 11 is 12.2. The molecule has 16 heteroatoms. The molecule has 1 amide bonds. The maximum atomic E-state index is 14.5. The van der Waals surface area contributed by atoms with Gasteiger partial charge < -0.3 is 30.4 Å². The number of amides is 1. The number of aryl methyl sites for hydroxylation is 1. The lowest BCUT2D eigenvalue weighted by Gasteiger charge is -2.37. The summed E-state index contributed by atoms with van der Waals surface area (Å²) in [7, 11) is -4.41. The Kier molecular flexibility index (Phi) is 12.3. The Labute approximate surface area is 373 Å². The van der Waals surface area contributed by atoms with Crippen molar-refractivity contribution in [1.82, 2.24) is 14.6 Å². The number of nitrogens with zero attached hydrogens (tertiary/aromatic N) is 3. The van der Waals surface area contributed by atoms with E-state index < -0.39 is 40.1 Å². The van der Waals surface area contributed by atoms with Crippen LogP contribution in [0, 0.1) is 18.3 Å². The minimum Gasteiger partial charge on any atom is -0.489 e. The second kappa shape index (κ2) is 18.0. The van der Waals surface area contributed by atoms with Gasteiger partial charge in [0.2, 0.25) is 15.9 Å². The van der Waals surface area contributed by atoms with Crippen molar-refractivity contribution < 1.29 is 37.3 Å². The van der Waals surface area contributed by atoms with E-state index in [4.69, 9.17) is 48.4 Å². The summed E-state index contributed by atoms with van der Waals surface area (Å²) in [5.41, 5.74) is 12.0. The number of carboxylic acid groups (broad SMARTS) is 1. The van der Waals surface area contributed by atoms with Crippen LogP contribution in [0.15, 0.2) is 120 Å². The van der Waals surface area contributed by atoms with Gasteiger partial charge in [-0.3, -0.25) is 4.79 Å². The summed E-state index contributed by atoms with van der Waals surface area (Å²) in [5, 5.41) is 22.9. The Morgan fingerprint density at radius 2 is 1.62 bits per heavy atom. The largest absolute Gasteiger partial charge is 0.489 e. The van der Waals surface area contributed by atoms with Crippen LogP contribution >= 0.6 is 23.2 Å². The van der Waals surface area contributed by atoms with Gasteiger partial charge in [0.1, 0.15) is 41.8 Å². The molecule has 4 N–H and O–H groups in total. The molecule has 0 radical (unpaired) electrons. The van der Waals surface area contributed by atoms with Crippen LogP contribution in [0.5, 0.6) is 17.2 Å². The molecule has 2 aliphatic rings. The molecule has 0 unspecified atom stereocenters. The van der Waals surface area contributed by atoms with Gasteiger partial charge in [0.15, 0.2) is 17.6 Å². The normalized spacial score (nSPS) is 16.3. The molecule has 6 aromatic rings. The molecule has 0 saturated heterocycles. The first-order valence-electron chi connectivity index (χ1n) is 19.7. The van der Waals surface area contributed by atoms with Crippen LogP contribution in [0.4, 0.5) is 5.82 Å². The van der Waals surface area contributed by atoms with Crippen LogP contribution < -0.4 is 25.3 Å².